The largest absolute Gasteiger partial charge is 0.493 e. The van der Waals surface area contributed by atoms with Gasteiger partial charge in [-0.25, -0.2) is 4.39 Å². The third kappa shape index (κ3) is 4.66. The van der Waals surface area contributed by atoms with Gasteiger partial charge in [-0.15, -0.1) is 0 Å². The second kappa shape index (κ2) is 8.61. The first kappa shape index (κ1) is 18.2. The first-order chi connectivity index (χ1) is 11.5. The SMILES string of the molecule is COc1cc(C(C)NC(C)c2ccc(F)cn2)ccc1OCCO. The lowest BCUT2D eigenvalue weighted by molar-refractivity contribution is 0.196. The third-order valence-corrected chi connectivity index (χ3v) is 3.73. The molecule has 0 amide bonds. The molecule has 24 heavy (non-hydrogen) atoms. The van der Waals surface area contributed by atoms with Crippen molar-refractivity contribution in [3.8, 4) is 11.5 Å². The number of benzene rings is 1. The average molecular weight is 334 g/mol. The molecule has 0 aliphatic heterocycles. The van der Waals surface area contributed by atoms with E-state index >= 15 is 0 Å². The molecule has 0 fully saturated rings. The van der Waals surface area contributed by atoms with Crippen LogP contribution >= 0.6 is 0 Å². The normalized spacial score (nSPS) is 13.4. The highest BCUT2D eigenvalue weighted by Crippen LogP contribution is 2.31. The number of nitrogens with zero attached hydrogens (tertiary/aromatic N) is 1. The van der Waals surface area contributed by atoms with Crippen LogP contribution in [0.4, 0.5) is 4.39 Å². The Morgan fingerprint density at radius 2 is 1.96 bits per heavy atom. The maximum atomic E-state index is 13.0. The molecule has 5 nitrogen and oxygen atoms in total. The third-order valence-electron chi connectivity index (χ3n) is 3.73. The van der Waals surface area contributed by atoms with Gasteiger partial charge in [0.25, 0.3) is 0 Å². The van der Waals surface area contributed by atoms with Crippen molar-refractivity contribution < 1.29 is 19.0 Å². The van der Waals surface area contributed by atoms with Gasteiger partial charge in [0.2, 0.25) is 0 Å². The fourth-order valence-electron chi connectivity index (χ4n) is 2.43. The number of pyridine rings is 1. The number of rotatable bonds is 8. The van der Waals surface area contributed by atoms with E-state index in [1.807, 2.05) is 32.0 Å². The molecule has 2 N–H and O–H groups in total. The summed E-state index contributed by atoms with van der Waals surface area (Å²) in [6.07, 6.45) is 1.22. The minimum atomic E-state index is -0.345. The van der Waals surface area contributed by atoms with Crippen LogP contribution in [-0.4, -0.2) is 30.4 Å². The number of hydrogen-bond acceptors (Lipinski definition) is 5. The van der Waals surface area contributed by atoms with E-state index in [0.717, 1.165) is 11.3 Å². The Hall–Kier alpha value is -2.18. The Morgan fingerprint density at radius 1 is 1.17 bits per heavy atom. The van der Waals surface area contributed by atoms with E-state index in [1.165, 1.54) is 12.3 Å². The lowest BCUT2D eigenvalue weighted by Gasteiger charge is -2.21. The molecule has 0 bridgehead atoms. The first-order valence-electron chi connectivity index (χ1n) is 7.84. The summed E-state index contributed by atoms with van der Waals surface area (Å²) in [6, 6.07) is 8.74. The van der Waals surface area contributed by atoms with Crippen molar-refractivity contribution in [1.82, 2.24) is 10.3 Å². The summed E-state index contributed by atoms with van der Waals surface area (Å²) in [6.45, 7) is 4.18. The van der Waals surface area contributed by atoms with Gasteiger partial charge in [-0.1, -0.05) is 6.07 Å². The van der Waals surface area contributed by atoms with E-state index in [-0.39, 0.29) is 31.1 Å². The van der Waals surface area contributed by atoms with Crippen molar-refractivity contribution in [3.05, 3.63) is 53.6 Å². The summed E-state index contributed by atoms with van der Waals surface area (Å²) in [5, 5.41) is 12.3. The van der Waals surface area contributed by atoms with Crippen molar-refractivity contribution in [2.24, 2.45) is 0 Å². The molecule has 2 aromatic rings. The summed E-state index contributed by atoms with van der Waals surface area (Å²) in [5.41, 5.74) is 1.80. The summed E-state index contributed by atoms with van der Waals surface area (Å²) in [7, 11) is 1.58. The summed E-state index contributed by atoms with van der Waals surface area (Å²) >= 11 is 0. The molecular weight excluding hydrogens is 311 g/mol. The standard InChI is InChI=1S/C18H23FN2O3/c1-12(21-13(2)16-6-5-15(19)11-20-16)14-4-7-17(24-9-8-22)18(10-14)23-3/h4-7,10-13,21-22H,8-9H2,1-3H3. The van der Waals surface area contributed by atoms with Crippen LogP contribution in [0.3, 0.4) is 0 Å². The topological polar surface area (TPSA) is 63.6 Å². The predicted molar refractivity (Wildman–Crippen MR) is 89.7 cm³/mol. The lowest BCUT2D eigenvalue weighted by atomic mass is 10.1. The van der Waals surface area contributed by atoms with Gasteiger partial charge in [0.1, 0.15) is 12.4 Å². The number of halogens is 1. The van der Waals surface area contributed by atoms with Gasteiger partial charge < -0.3 is 19.9 Å². The highest BCUT2D eigenvalue weighted by molar-refractivity contribution is 5.43. The number of aliphatic hydroxyl groups excluding tert-OH is 1. The van der Waals surface area contributed by atoms with E-state index in [9.17, 15) is 4.39 Å². The van der Waals surface area contributed by atoms with Crippen LogP contribution in [0, 0.1) is 5.82 Å². The van der Waals surface area contributed by atoms with Crippen molar-refractivity contribution in [1.29, 1.82) is 0 Å². The molecule has 2 rings (SSSR count). The van der Waals surface area contributed by atoms with Crippen molar-refractivity contribution in [2.45, 2.75) is 25.9 Å². The van der Waals surface area contributed by atoms with E-state index in [2.05, 4.69) is 10.3 Å². The van der Waals surface area contributed by atoms with Crippen LogP contribution in [0.2, 0.25) is 0 Å². The number of hydrogen-bond donors (Lipinski definition) is 2. The number of aliphatic hydroxyl groups is 1. The average Bonchev–Trinajstić information content (AvgIpc) is 2.60. The van der Waals surface area contributed by atoms with Gasteiger partial charge in [0.05, 0.1) is 25.6 Å². The molecule has 2 atom stereocenters. The Labute approximate surface area is 141 Å². The van der Waals surface area contributed by atoms with Gasteiger partial charge in [-0.2, -0.15) is 0 Å². The lowest BCUT2D eigenvalue weighted by Crippen LogP contribution is -2.23. The molecule has 0 aliphatic carbocycles. The predicted octanol–water partition coefficient (Wildman–Crippen LogP) is 3.01. The van der Waals surface area contributed by atoms with Crippen LogP contribution in [0.5, 0.6) is 11.5 Å². The van der Waals surface area contributed by atoms with Crippen molar-refractivity contribution >= 4 is 0 Å². The monoisotopic (exact) mass is 334 g/mol. The van der Waals surface area contributed by atoms with E-state index in [0.29, 0.717) is 11.5 Å². The van der Waals surface area contributed by atoms with E-state index in [4.69, 9.17) is 14.6 Å². The second-order valence-corrected chi connectivity index (χ2v) is 5.49. The van der Waals surface area contributed by atoms with Crippen molar-refractivity contribution in [3.63, 3.8) is 0 Å². The van der Waals surface area contributed by atoms with Gasteiger partial charge in [-0.3, -0.25) is 4.98 Å². The van der Waals surface area contributed by atoms with Crippen LogP contribution in [0.1, 0.15) is 37.2 Å². The molecule has 130 valence electrons. The van der Waals surface area contributed by atoms with Crippen LogP contribution in [0.15, 0.2) is 36.5 Å². The van der Waals surface area contributed by atoms with Crippen molar-refractivity contribution in [2.75, 3.05) is 20.3 Å². The Bertz CT molecular complexity index is 649. The number of methoxy groups -OCH3 is 1. The molecule has 6 heteroatoms. The number of aromatic nitrogens is 1. The molecule has 2 unspecified atom stereocenters. The van der Waals surface area contributed by atoms with Gasteiger partial charge >= 0.3 is 0 Å². The molecule has 1 aromatic heterocycles. The maximum Gasteiger partial charge on any atom is 0.161 e. The van der Waals surface area contributed by atoms with E-state index in [1.54, 1.807) is 13.2 Å². The Balaban J connectivity index is 2.08. The van der Waals surface area contributed by atoms with Crippen LogP contribution in [-0.2, 0) is 0 Å². The number of ether oxygens (including phenoxy) is 2. The Morgan fingerprint density at radius 3 is 2.58 bits per heavy atom. The zero-order valence-corrected chi connectivity index (χ0v) is 14.1. The zero-order chi connectivity index (χ0) is 17.5. The van der Waals surface area contributed by atoms with Gasteiger partial charge in [0.15, 0.2) is 11.5 Å². The van der Waals surface area contributed by atoms with Gasteiger partial charge in [-0.05, 0) is 43.7 Å². The number of nitrogens with one attached hydrogen (secondary N) is 1. The minimum absolute atomic E-state index is 0.0306. The highest BCUT2D eigenvalue weighted by atomic mass is 19.1. The fourth-order valence-corrected chi connectivity index (χ4v) is 2.43. The smallest absolute Gasteiger partial charge is 0.161 e. The van der Waals surface area contributed by atoms with Crippen LogP contribution < -0.4 is 14.8 Å². The summed E-state index contributed by atoms with van der Waals surface area (Å²) in [5.74, 6) is 0.861. The first-order valence-corrected chi connectivity index (χ1v) is 7.84. The van der Waals surface area contributed by atoms with Gasteiger partial charge in [0, 0.05) is 12.1 Å². The van der Waals surface area contributed by atoms with E-state index < -0.39 is 0 Å². The van der Waals surface area contributed by atoms with Crippen LogP contribution in [0.25, 0.3) is 0 Å². The quantitative estimate of drug-likeness (QED) is 0.777. The molecule has 1 aromatic carbocycles. The molecule has 0 saturated carbocycles. The minimum Gasteiger partial charge on any atom is -0.493 e. The highest BCUT2D eigenvalue weighted by Gasteiger charge is 2.14. The molecule has 0 aliphatic rings. The molecule has 1 heterocycles. The molecular formula is C18H23FN2O3. The molecule has 0 spiro atoms. The fraction of sp³-hybridized carbons (Fsp3) is 0.389. The molecule has 0 saturated heterocycles. The Kier molecular flexibility index (Phi) is 6.52. The zero-order valence-electron chi connectivity index (χ0n) is 14.1. The molecule has 0 radical (unpaired) electrons. The summed E-state index contributed by atoms with van der Waals surface area (Å²) in [4.78, 5) is 4.10. The second-order valence-electron chi connectivity index (χ2n) is 5.49. The summed E-state index contributed by atoms with van der Waals surface area (Å²) < 4.78 is 23.7. The maximum absolute atomic E-state index is 13.0.